The van der Waals surface area contributed by atoms with Crippen molar-refractivity contribution in [3.8, 4) is 0 Å². The molecular weight excluding hydrogens is 230 g/mol. The fraction of sp³-hybridized carbons (Fsp3) is 0.333. The molecule has 2 atom stereocenters. The molecule has 1 amide bonds. The van der Waals surface area contributed by atoms with E-state index in [1.165, 1.54) is 5.56 Å². The molecule has 1 saturated carbocycles. The zero-order valence-electron chi connectivity index (χ0n) is 9.92. The van der Waals surface area contributed by atoms with Crippen LogP contribution in [0.15, 0.2) is 30.3 Å². The molecule has 0 saturated heterocycles. The number of carbonyl (C=O) groups is 1. The monoisotopic (exact) mass is 243 g/mol. The maximum absolute atomic E-state index is 12.1. The van der Waals surface area contributed by atoms with Crippen molar-refractivity contribution in [3.05, 3.63) is 35.9 Å². The number of nitrogens with zero attached hydrogens (tertiary/aromatic N) is 3. The molecule has 2 N–H and O–H groups in total. The number of H-pyrrole nitrogens is 1. The minimum atomic E-state index is -0.373. The SMILES string of the molecule is C[C@]1(C(=O)Nc2nn[nH]n2)C[C@@H]1c1ccccc1. The minimum absolute atomic E-state index is 0.0576. The van der Waals surface area contributed by atoms with Crippen LogP contribution in [0.4, 0.5) is 5.95 Å². The van der Waals surface area contributed by atoms with Crippen LogP contribution in [-0.2, 0) is 4.79 Å². The first-order valence-electron chi connectivity index (χ1n) is 5.80. The van der Waals surface area contributed by atoms with Gasteiger partial charge in [-0.15, -0.1) is 5.10 Å². The Morgan fingerprint density at radius 3 is 2.89 bits per heavy atom. The Labute approximate surface area is 104 Å². The lowest BCUT2D eigenvalue weighted by Crippen LogP contribution is -2.23. The number of nitrogens with one attached hydrogen (secondary N) is 2. The third-order valence-corrected chi connectivity index (χ3v) is 3.53. The zero-order chi connectivity index (χ0) is 12.6. The van der Waals surface area contributed by atoms with Crippen LogP contribution in [0.5, 0.6) is 0 Å². The summed E-state index contributed by atoms with van der Waals surface area (Å²) >= 11 is 0. The van der Waals surface area contributed by atoms with Gasteiger partial charge in [-0.25, -0.2) is 0 Å². The highest BCUT2D eigenvalue weighted by Gasteiger charge is 2.56. The van der Waals surface area contributed by atoms with Crippen molar-refractivity contribution < 1.29 is 4.79 Å². The second-order valence-electron chi connectivity index (χ2n) is 4.77. The van der Waals surface area contributed by atoms with Crippen LogP contribution in [0, 0.1) is 5.41 Å². The lowest BCUT2D eigenvalue weighted by atomic mass is 10.0. The lowest BCUT2D eigenvalue weighted by Gasteiger charge is -2.09. The molecule has 1 aliphatic carbocycles. The highest BCUT2D eigenvalue weighted by atomic mass is 16.2. The van der Waals surface area contributed by atoms with Gasteiger partial charge in [0.1, 0.15) is 0 Å². The first kappa shape index (κ1) is 10.9. The molecule has 1 aromatic carbocycles. The Hall–Kier alpha value is -2.24. The number of benzene rings is 1. The minimum Gasteiger partial charge on any atom is -0.291 e. The van der Waals surface area contributed by atoms with Crippen molar-refractivity contribution in [2.75, 3.05) is 5.32 Å². The van der Waals surface area contributed by atoms with E-state index in [9.17, 15) is 4.79 Å². The smallest absolute Gasteiger partial charge is 0.269 e. The third-order valence-electron chi connectivity index (χ3n) is 3.53. The molecule has 0 bridgehead atoms. The number of aromatic amines is 1. The average Bonchev–Trinajstić information content (AvgIpc) is 2.84. The van der Waals surface area contributed by atoms with Crippen molar-refractivity contribution >= 4 is 11.9 Å². The van der Waals surface area contributed by atoms with Crippen LogP contribution in [0.1, 0.15) is 24.8 Å². The van der Waals surface area contributed by atoms with E-state index in [1.54, 1.807) is 0 Å². The van der Waals surface area contributed by atoms with E-state index in [4.69, 9.17) is 0 Å². The van der Waals surface area contributed by atoms with Crippen molar-refractivity contribution in [1.29, 1.82) is 0 Å². The van der Waals surface area contributed by atoms with Gasteiger partial charge in [0.25, 0.3) is 5.95 Å². The van der Waals surface area contributed by atoms with Gasteiger partial charge in [-0.1, -0.05) is 42.4 Å². The van der Waals surface area contributed by atoms with Crippen molar-refractivity contribution in [1.82, 2.24) is 20.6 Å². The number of hydrogen-bond acceptors (Lipinski definition) is 4. The van der Waals surface area contributed by atoms with Crippen LogP contribution in [-0.4, -0.2) is 26.5 Å². The van der Waals surface area contributed by atoms with Crippen LogP contribution in [0.3, 0.4) is 0 Å². The van der Waals surface area contributed by atoms with E-state index < -0.39 is 0 Å². The maximum Gasteiger partial charge on any atom is 0.269 e. The highest BCUT2D eigenvalue weighted by Crippen LogP contribution is 2.59. The Morgan fingerprint density at radius 1 is 1.44 bits per heavy atom. The van der Waals surface area contributed by atoms with E-state index >= 15 is 0 Å². The number of carbonyl (C=O) groups excluding carboxylic acids is 1. The molecule has 6 nitrogen and oxygen atoms in total. The molecule has 1 heterocycles. The van der Waals surface area contributed by atoms with Gasteiger partial charge in [-0.2, -0.15) is 5.21 Å². The molecule has 0 radical (unpaired) electrons. The Morgan fingerprint density at radius 2 is 2.22 bits per heavy atom. The number of amides is 1. The first-order valence-corrected chi connectivity index (χ1v) is 5.80. The predicted octanol–water partition coefficient (Wildman–Crippen LogP) is 1.33. The molecule has 0 unspecified atom stereocenters. The lowest BCUT2D eigenvalue weighted by molar-refractivity contribution is -0.120. The number of hydrogen-bond donors (Lipinski definition) is 2. The first-order chi connectivity index (χ1) is 8.70. The molecule has 0 aliphatic heterocycles. The van der Waals surface area contributed by atoms with Gasteiger partial charge in [0.15, 0.2) is 0 Å². The quantitative estimate of drug-likeness (QED) is 0.851. The summed E-state index contributed by atoms with van der Waals surface area (Å²) in [5.41, 5.74) is 0.824. The molecule has 3 rings (SSSR count). The van der Waals surface area contributed by atoms with Gasteiger partial charge in [0.2, 0.25) is 5.91 Å². The van der Waals surface area contributed by atoms with Gasteiger partial charge < -0.3 is 0 Å². The zero-order valence-corrected chi connectivity index (χ0v) is 9.92. The standard InChI is InChI=1S/C12H13N5O/c1-12(10(18)13-11-14-16-17-15-11)7-9(12)8-5-3-2-4-6-8/h2-6,9H,7H2,1H3,(H2,13,14,15,16,17,18)/t9-,12+/m1/s1. The van der Waals surface area contributed by atoms with E-state index in [0.29, 0.717) is 0 Å². The van der Waals surface area contributed by atoms with Crippen molar-refractivity contribution in [2.45, 2.75) is 19.3 Å². The summed E-state index contributed by atoms with van der Waals surface area (Å²) < 4.78 is 0. The van der Waals surface area contributed by atoms with Crippen molar-refractivity contribution in [3.63, 3.8) is 0 Å². The summed E-state index contributed by atoms with van der Waals surface area (Å²) in [5, 5.41) is 15.8. The van der Waals surface area contributed by atoms with Crippen molar-refractivity contribution in [2.24, 2.45) is 5.41 Å². The summed E-state index contributed by atoms with van der Waals surface area (Å²) in [6, 6.07) is 10.1. The second-order valence-corrected chi connectivity index (χ2v) is 4.77. The molecule has 2 aromatic rings. The van der Waals surface area contributed by atoms with E-state index in [1.807, 2.05) is 25.1 Å². The maximum atomic E-state index is 12.1. The summed E-state index contributed by atoms with van der Waals surface area (Å²) in [6.45, 7) is 1.96. The fourth-order valence-corrected chi connectivity index (χ4v) is 2.25. The Bertz CT molecular complexity index is 553. The molecule has 92 valence electrons. The van der Waals surface area contributed by atoms with Gasteiger partial charge in [-0.3, -0.25) is 10.1 Å². The van der Waals surface area contributed by atoms with Crippen LogP contribution in [0.25, 0.3) is 0 Å². The van der Waals surface area contributed by atoms with Crippen LogP contribution >= 0.6 is 0 Å². The van der Waals surface area contributed by atoms with E-state index in [-0.39, 0.29) is 23.2 Å². The van der Waals surface area contributed by atoms with Gasteiger partial charge >= 0.3 is 0 Å². The molecular formula is C12H13N5O. The van der Waals surface area contributed by atoms with Crippen LogP contribution in [0.2, 0.25) is 0 Å². The van der Waals surface area contributed by atoms with Crippen LogP contribution < -0.4 is 5.32 Å². The molecule has 6 heteroatoms. The number of anilines is 1. The Kier molecular flexibility index (Phi) is 2.36. The number of tetrazole rings is 1. The summed E-state index contributed by atoms with van der Waals surface area (Å²) in [7, 11) is 0. The predicted molar refractivity (Wildman–Crippen MR) is 64.7 cm³/mol. The van der Waals surface area contributed by atoms with E-state index in [0.717, 1.165) is 6.42 Å². The Balaban J connectivity index is 1.72. The van der Waals surface area contributed by atoms with Gasteiger partial charge in [0.05, 0.1) is 5.41 Å². The largest absolute Gasteiger partial charge is 0.291 e. The molecule has 1 aliphatic rings. The summed E-state index contributed by atoms with van der Waals surface area (Å²) in [6.07, 6.45) is 0.848. The molecule has 18 heavy (non-hydrogen) atoms. The fourth-order valence-electron chi connectivity index (χ4n) is 2.25. The summed E-state index contributed by atoms with van der Waals surface area (Å²) in [4.78, 5) is 12.1. The highest BCUT2D eigenvalue weighted by molar-refractivity contribution is 5.96. The molecule has 1 fully saturated rings. The normalized spacial score (nSPS) is 25.7. The van der Waals surface area contributed by atoms with Gasteiger partial charge in [0, 0.05) is 0 Å². The number of rotatable bonds is 3. The molecule has 0 spiro atoms. The summed E-state index contributed by atoms with van der Waals surface area (Å²) in [5.74, 6) is 0.434. The topological polar surface area (TPSA) is 83.6 Å². The van der Waals surface area contributed by atoms with E-state index in [2.05, 4.69) is 38.1 Å². The van der Waals surface area contributed by atoms with Gasteiger partial charge in [-0.05, 0) is 23.1 Å². The second kappa shape index (κ2) is 3.90. The third kappa shape index (κ3) is 1.75. The average molecular weight is 243 g/mol. The molecule has 1 aromatic heterocycles. The number of aromatic nitrogens is 4.